The van der Waals surface area contributed by atoms with Gasteiger partial charge in [-0.15, -0.1) is 0 Å². The summed E-state index contributed by atoms with van der Waals surface area (Å²) in [4.78, 5) is 20.3. The van der Waals surface area contributed by atoms with Gasteiger partial charge in [0.25, 0.3) is 11.4 Å². The number of rotatable bonds is 4. The Balaban J connectivity index is 2.49. The zero-order chi connectivity index (χ0) is 14.7. The average molecular weight is 294 g/mol. The molecule has 0 saturated heterocycles. The highest BCUT2D eigenvalue weighted by Gasteiger charge is 2.23. The van der Waals surface area contributed by atoms with Gasteiger partial charge in [0, 0.05) is 5.69 Å². The van der Waals surface area contributed by atoms with Crippen LogP contribution in [-0.2, 0) is 0 Å². The zero-order valence-corrected chi connectivity index (χ0v) is 10.7. The van der Waals surface area contributed by atoms with Crippen molar-refractivity contribution in [1.82, 2.24) is 0 Å². The smallest absolute Gasteiger partial charge is 0.299 e. The van der Waals surface area contributed by atoms with E-state index in [2.05, 4.69) is 5.32 Å². The van der Waals surface area contributed by atoms with Crippen molar-refractivity contribution in [2.75, 3.05) is 5.32 Å². The van der Waals surface area contributed by atoms with Crippen LogP contribution in [0.25, 0.3) is 0 Å². The summed E-state index contributed by atoms with van der Waals surface area (Å²) in [5.74, 6) is 0. The zero-order valence-electron chi connectivity index (χ0n) is 9.95. The van der Waals surface area contributed by atoms with E-state index in [0.29, 0.717) is 5.69 Å². The van der Waals surface area contributed by atoms with Crippen molar-refractivity contribution < 1.29 is 9.85 Å². The van der Waals surface area contributed by atoms with Gasteiger partial charge in [0.1, 0.15) is 10.7 Å². The van der Waals surface area contributed by atoms with Crippen LogP contribution in [0, 0.1) is 20.2 Å². The van der Waals surface area contributed by atoms with E-state index in [4.69, 9.17) is 11.6 Å². The number of halogens is 1. The quantitative estimate of drug-likeness (QED) is 0.681. The first-order chi connectivity index (χ1) is 9.49. The van der Waals surface area contributed by atoms with Crippen LogP contribution in [0.1, 0.15) is 0 Å². The second-order valence-corrected chi connectivity index (χ2v) is 4.23. The molecule has 0 radical (unpaired) electrons. The lowest BCUT2D eigenvalue weighted by Gasteiger charge is -2.07. The van der Waals surface area contributed by atoms with E-state index in [0.717, 1.165) is 6.07 Å². The second-order valence-electron chi connectivity index (χ2n) is 3.83. The van der Waals surface area contributed by atoms with Crippen molar-refractivity contribution in [1.29, 1.82) is 0 Å². The molecule has 2 aromatic carbocycles. The molecule has 8 heteroatoms. The first-order valence-corrected chi connectivity index (χ1v) is 5.81. The minimum absolute atomic E-state index is 0.0943. The topological polar surface area (TPSA) is 98.3 Å². The van der Waals surface area contributed by atoms with E-state index in [-0.39, 0.29) is 10.7 Å². The molecule has 102 valence electrons. The van der Waals surface area contributed by atoms with Gasteiger partial charge < -0.3 is 5.32 Å². The van der Waals surface area contributed by atoms with Crippen molar-refractivity contribution in [3.8, 4) is 0 Å². The highest BCUT2D eigenvalue weighted by atomic mass is 35.5. The van der Waals surface area contributed by atoms with Gasteiger partial charge in [0.05, 0.1) is 15.9 Å². The van der Waals surface area contributed by atoms with Crippen LogP contribution >= 0.6 is 11.6 Å². The number of nitrogens with one attached hydrogen (secondary N) is 1. The van der Waals surface area contributed by atoms with E-state index in [1.807, 2.05) is 0 Å². The minimum Gasteiger partial charge on any atom is -0.350 e. The third kappa shape index (κ3) is 2.83. The van der Waals surface area contributed by atoms with Gasteiger partial charge in [-0.25, -0.2) is 0 Å². The fourth-order valence-electron chi connectivity index (χ4n) is 1.62. The molecular weight excluding hydrogens is 286 g/mol. The van der Waals surface area contributed by atoms with E-state index < -0.39 is 21.2 Å². The number of hydrogen-bond acceptors (Lipinski definition) is 5. The fraction of sp³-hybridized carbons (Fsp3) is 0. The second kappa shape index (κ2) is 5.54. The SMILES string of the molecule is O=[N+]([O-])c1cc([N+](=O)[O-])c(Nc2ccccc2)cc1Cl. The standard InChI is InChI=1S/C12H8ClN3O4/c13-9-6-10(14-8-4-2-1-3-5-8)12(16(19)20)7-11(9)15(17)18/h1-7,14H. The van der Waals surface area contributed by atoms with Gasteiger partial charge in [-0.3, -0.25) is 20.2 Å². The number of benzene rings is 2. The Kier molecular flexibility index (Phi) is 3.81. The molecule has 20 heavy (non-hydrogen) atoms. The highest BCUT2D eigenvalue weighted by molar-refractivity contribution is 6.33. The molecule has 7 nitrogen and oxygen atoms in total. The molecule has 0 atom stereocenters. The van der Waals surface area contributed by atoms with Crippen LogP contribution in [0.15, 0.2) is 42.5 Å². The van der Waals surface area contributed by atoms with Crippen LogP contribution < -0.4 is 5.32 Å². The van der Waals surface area contributed by atoms with Crippen LogP contribution in [0.5, 0.6) is 0 Å². The van der Waals surface area contributed by atoms with Crippen LogP contribution in [-0.4, -0.2) is 9.85 Å². The molecule has 0 aromatic heterocycles. The summed E-state index contributed by atoms with van der Waals surface area (Å²) < 4.78 is 0. The predicted molar refractivity (Wildman–Crippen MR) is 74.5 cm³/mol. The summed E-state index contributed by atoms with van der Waals surface area (Å²) in [7, 11) is 0. The Labute approximate surface area is 118 Å². The molecule has 0 unspecified atom stereocenters. The summed E-state index contributed by atoms with van der Waals surface area (Å²) in [6.45, 7) is 0. The van der Waals surface area contributed by atoms with Crippen molar-refractivity contribution in [2.24, 2.45) is 0 Å². The largest absolute Gasteiger partial charge is 0.350 e. The summed E-state index contributed by atoms with van der Waals surface area (Å²) in [5, 5.41) is 24.4. The van der Waals surface area contributed by atoms with E-state index in [1.165, 1.54) is 6.07 Å². The van der Waals surface area contributed by atoms with Gasteiger partial charge in [-0.2, -0.15) is 0 Å². The van der Waals surface area contributed by atoms with E-state index in [1.54, 1.807) is 30.3 Å². The van der Waals surface area contributed by atoms with Gasteiger partial charge in [-0.1, -0.05) is 29.8 Å². The molecule has 0 bridgehead atoms. The van der Waals surface area contributed by atoms with E-state index in [9.17, 15) is 20.2 Å². The lowest BCUT2D eigenvalue weighted by Crippen LogP contribution is -1.99. The van der Waals surface area contributed by atoms with Crippen molar-refractivity contribution in [3.63, 3.8) is 0 Å². The summed E-state index contributed by atoms with van der Waals surface area (Å²) in [5.41, 5.74) is -0.209. The van der Waals surface area contributed by atoms with Crippen LogP contribution in [0.2, 0.25) is 5.02 Å². The summed E-state index contributed by atoms with van der Waals surface area (Å²) in [6, 6.07) is 10.7. The molecule has 0 heterocycles. The molecule has 0 aliphatic rings. The first-order valence-electron chi connectivity index (χ1n) is 5.43. The normalized spacial score (nSPS) is 10.1. The molecule has 0 aliphatic carbocycles. The predicted octanol–water partition coefficient (Wildman–Crippen LogP) is 3.90. The van der Waals surface area contributed by atoms with Crippen LogP contribution in [0.3, 0.4) is 0 Å². The van der Waals surface area contributed by atoms with Crippen molar-refractivity contribution in [3.05, 3.63) is 67.7 Å². The molecule has 2 aromatic rings. The molecular formula is C12H8ClN3O4. The number of nitro groups is 2. The highest BCUT2D eigenvalue weighted by Crippen LogP contribution is 2.36. The number of anilines is 2. The number of hydrogen-bond donors (Lipinski definition) is 1. The Morgan fingerprint density at radius 2 is 1.55 bits per heavy atom. The Morgan fingerprint density at radius 1 is 0.950 bits per heavy atom. The van der Waals surface area contributed by atoms with Crippen molar-refractivity contribution >= 4 is 34.4 Å². The number of para-hydroxylation sites is 1. The first kappa shape index (κ1) is 13.8. The third-order valence-corrected chi connectivity index (χ3v) is 2.81. The number of nitro benzene ring substituents is 2. The molecule has 0 fully saturated rings. The number of nitrogens with zero attached hydrogens (tertiary/aromatic N) is 2. The molecule has 0 amide bonds. The fourth-order valence-corrected chi connectivity index (χ4v) is 1.85. The lowest BCUT2D eigenvalue weighted by molar-refractivity contribution is -0.393. The maximum Gasteiger partial charge on any atom is 0.299 e. The molecule has 0 spiro atoms. The van der Waals surface area contributed by atoms with Gasteiger partial charge in [-0.05, 0) is 18.2 Å². The van der Waals surface area contributed by atoms with Gasteiger partial charge in [0.2, 0.25) is 0 Å². The van der Waals surface area contributed by atoms with E-state index >= 15 is 0 Å². The van der Waals surface area contributed by atoms with Crippen molar-refractivity contribution in [2.45, 2.75) is 0 Å². The molecule has 2 rings (SSSR count). The van der Waals surface area contributed by atoms with Crippen LogP contribution in [0.4, 0.5) is 22.7 Å². The Morgan fingerprint density at radius 3 is 2.10 bits per heavy atom. The van der Waals surface area contributed by atoms with Gasteiger partial charge >= 0.3 is 0 Å². The van der Waals surface area contributed by atoms with Gasteiger partial charge in [0.15, 0.2) is 0 Å². The maximum atomic E-state index is 11.0. The molecule has 1 N–H and O–H groups in total. The summed E-state index contributed by atoms with van der Waals surface area (Å²) in [6.07, 6.45) is 0. The monoisotopic (exact) mass is 293 g/mol. The average Bonchev–Trinajstić information content (AvgIpc) is 2.39. The minimum atomic E-state index is -0.762. The summed E-state index contributed by atoms with van der Waals surface area (Å²) >= 11 is 5.76. The Hall–Kier alpha value is -2.67. The molecule has 0 aliphatic heterocycles. The third-order valence-electron chi connectivity index (χ3n) is 2.51. The Bertz CT molecular complexity index is 676. The molecule has 0 saturated carbocycles. The maximum absolute atomic E-state index is 11.0. The lowest BCUT2D eigenvalue weighted by atomic mass is 10.2.